The molecular formula is C13H21N3O. The lowest BCUT2D eigenvalue weighted by atomic mass is 9.88. The van der Waals surface area contributed by atoms with Gasteiger partial charge in [0.1, 0.15) is 0 Å². The van der Waals surface area contributed by atoms with E-state index in [-0.39, 0.29) is 17.4 Å². The van der Waals surface area contributed by atoms with Crippen LogP contribution in [0.15, 0.2) is 24.5 Å². The molecule has 1 amide bonds. The zero-order valence-electron chi connectivity index (χ0n) is 10.7. The fourth-order valence-electron chi connectivity index (χ4n) is 1.68. The maximum Gasteiger partial charge on any atom is 0.252 e. The molecule has 0 saturated carbocycles. The summed E-state index contributed by atoms with van der Waals surface area (Å²) in [5.41, 5.74) is 6.70. The minimum atomic E-state index is -0.123. The van der Waals surface area contributed by atoms with Gasteiger partial charge in [0, 0.05) is 25.0 Å². The van der Waals surface area contributed by atoms with E-state index in [1.807, 2.05) is 0 Å². The molecule has 0 saturated heterocycles. The van der Waals surface area contributed by atoms with Crippen LogP contribution >= 0.6 is 0 Å². The summed E-state index contributed by atoms with van der Waals surface area (Å²) in [4.78, 5) is 15.6. The van der Waals surface area contributed by atoms with Gasteiger partial charge in [-0.25, -0.2) is 0 Å². The first-order valence-corrected chi connectivity index (χ1v) is 5.82. The van der Waals surface area contributed by atoms with E-state index in [0.29, 0.717) is 12.1 Å². The number of amides is 1. The van der Waals surface area contributed by atoms with Crippen molar-refractivity contribution in [2.45, 2.75) is 33.2 Å². The second kappa shape index (κ2) is 5.77. The molecular weight excluding hydrogens is 214 g/mol. The highest BCUT2D eigenvalue weighted by Crippen LogP contribution is 2.19. The Kier molecular flexibility index (Phi) is 4.63. The van der Waals surface area contributed by atoms with Gasteiger partial charge in [-0.2, -0.15) is 0 Å². The number of aromatic nitrogens is 1. The van der Waals surface area contributed by atoms with E-state index in [0.717, 1.165) is 6.42 Å². The van der Waals surface area contributed by atoms with Gasteiger partial charge in [0.25, 0.3) is 5.91 Å². The summed E-state index contributed by atoms with van der Waals surface area (Å²) in [6.07, 6.45) is 4.06. The van der Waals surface area contributed by atoms with Crippen LogP contribution < -0.4 is 11.1 Å². The van der Waals surface area contributed by atoms with Crippen LogP contribution in [-0.4, -0.2) is 23.5 Å². The van der Waals surface area contributed by atoms with Crippen LogP contribution in [0.5, 0.6) is 0 Å². The van der Waals surface area contributed by atoms with Gasteiger partial charge in [-0.1, -0.05) is 20.8 Å². The summed E-state index contributed by atoms with van der Waals surface area (Å²) < 4.78 is 0. The van der Waals surface area contributed by atoms with Gasteiger partial charge in [-0.05, 0) is 24.0 Å². The minimum absolute atomic E-state index is 0.0179. The molecule has 0 aliphatic carbocycles. The molecule has 1 atom stereocenters. The van der Waals surface area contributed by atoms with Crippen molar-refractivity contribution in [2.24, 2.45) is 11.1 Å². The summed E-state index contributed by atoms with van der Waals surface area (Å²) >= 11 is 0. The molecule has 0 aromatic carbocycles. The smallest absolute Gasteiger partial charge is 0.252 e. The Morgan fingerprint density at radius 2 is 2.24 bits per heavy atom. The molecule has 0 aliphatic rings. The molecule has 1 unspecified atom stereocenters. The van der Waals surface area contributed by atoms with Crippen molar-refractivity contribution in [1.82, 2.24) is 10.3 Å². The van der Waals surface area contributed by atoms with E-state index in [1.54, 1.807) is 24.5 Å². The van der Waals surface area contributed by atoms with E-state index < -0.39 is 0 Å². The number of carbonyl (C=O) groups excluding carboxylic acids is 1. The van der Waals surface area contributed by atoms with Crippen molar-refractivity contribution in [2.75, 3.05) is 6.54 Å². The number of nitrogens with one attached hydrogen (secondary N) is 1. The highest BCUT2D eigenvalue weighted by molar-refractivity contribution is 5.93. The van der Waals surface area contributed by atoms with Gasteiger partial charge in [-0.15, -0.1) is 0 Å². The number of nitrogens with two attached hydrogens (primary N) is 1. The average Bonchev–Trinajstić information content (AvgIpc) is 2.25. The predicted octanol–water partition coefficient (Wildman–Crippen LogP) is 1.57. The van der Waals surface area contributed by atoms with Crippen molar-refractivity contribution in [3.05, 3.63) is 30.1 Å². The van der Waals surface area contributed by atoms with Crippen molar-refractivity contribution < 1.29 is 4.79 Å². The first kappa shape index (κ1) is 13.6. The van der Waals surface area contributed by atoms with Crippen LogP contribution in [0.1, 0.15) is 37.6 Å². The number of hydrogen-bond acceptors (Lipinski definition) is 3. The maximum atomic E-state index is 11.7. The lowest BCUT2D eigenvalue weighted by Crippen LogP contribution is -2.39. The summed E-state index contributed by atoms with van der Waals surface area (Å²) in [5, 5.41) is 2.82. The number of pyridine rings is 1. The molecule has 4 nitrogen and oxygen atoms in total. The SMILES string of the molecule is CC(C)(C)CC(N)CNC(=O)c1cccnc1. The molecule has 4 heteroatoms. The quantitative estimate of drug-likeness (QED) is 0.832. The zero-order chi connectivity index (χ0) is 12.9. The maximum absolute atomic E-state index is 11.7. The normalized spacial score (nSPS) is 13.2. The van der Waals surface area contributed by atoms with Gasteiger partial charge < -0.3 is 11.1 Å². The first-order chi connectivity index (χ1) is 7.88. The number of nitrogens with zero attached hydrogens (tertiary/aromatic N) is 1. The largest absolute Gasteiger partial charge is 0.350 e. The Balaban J connectivity index is 2.39. The molecule has 1 aromatic heterocycles. The lowest BCUT2D eigenvalue weighted by molar-refractivity contribution is 0.0948. The molecule has 0 bridgehead atoms. The Bertz CT molecular complexity index is 357. The topological polar surface area (TPSA) is 68.0 Å². The molecule has 0 fully saturated rings. The van der Waals surface area contributed by atoms with Crippen molar-refractivity contribution >= 4 is 5.91 Å². The zero-order valence-corrected chi connectivity index (χ0v) is 10.7. The van der Waals surface area contributed by atoms with E-state index in [9.17, 15) is 4.79 Å². The third-order valence-electron chi connectivity index (χ3n) is 2.32. The van der Waals surface area contributed by atoms with Crippen LogP contribution in [0.2, 0.25) is 0 Å². The number of carbonyl (C=O) groups is 1. The van der Waals surface area contributed by atoms with E-state index in [4.69, 9.17) is 5.73 Å². The fourth-order valence-corrected chi connectivity index (χ4v) is 1.68. The third kappa shape index (κ3) is 5.45. The van der Waals surface area contributed by atoms with Crippen LogP contribution in [0.4, 0.5) is 0 Å². The van der Waals surface area contributed by atoms with Crippen molar-refractivity contribution in [3.8, 4) is 0 Å². The Labute approximate surface area is 103 Å². The molecule has 17 heavy (non-hydrogen) atoms. The monoisotopic (exact) mass is 235 g/mol. The van der Waals surface area contributed by atoms with Crippen LogP contribution in [0, 0.1) is 5.41 Å². The Hall–Kier alpha value is -1.42. The average molecular weight is 235 g/mol. The highest BCUT2D eigenvalue weighted by atomic mass is 16.1. The lowest BCUT2D eigenvalue weighted by Gasteiger charge is -2.23. The van der Waals surface area contributed by atoms with Gasteiger partial charge in [-0.3, -0.25) is 9.78 Å². The molecule has 0 radical (unpaired) electrons. The Morgan fingerprint density at radius 1 is 1.53 bits per heavy atom. The summed E-state index contributed by atoms with van der Waals surface area (Å²) in [6.45, 7) is 6.90. The molecule has 0 aliphatic heterocycles. The van der Waals surface area contributed by atoms with Gasteiger partial charge in [0.2, 0.25) is 0 Å². The van der Waals surface area contributed by atoms with Crippen LogP contribution in [0.3, 0.4) is 0 Å². The second-order valence-electron chi connectivity index (χ2n) is 5.48. The molecule has 0 spiro atoms. The van der Waals surface area contributed by atoms with Gasteiger partial charge in [0.15, 0.2) is 0 Å². The molecule has 1 heterocycles. The molecule has 1 aromatic rings. The van der Waals surface area contributed by atoms with Crippen LogP contribution in [-0.2, 0) is 0 Å². The first-order valence-electron chi connectivity index (χ1n) is 5.82. The Morgan fingerprint density at radius 3 is 2.76 bits per heavy atom. The number of hydrogen-bond donors (Lipinski definition) is 2. The minimum Gasteiger partial charge on any atom is -0.350 e. The second-order valence-corrected chi connectivity index (χ2v) is 5.48. The molecule has 3 N–H and O–H groups in total. The van der Waals surface area contributed by atoms with Gasteiger partial charge in [0.05, 0.1) is 5.56 Å². The molecule has 94 valence electrons. The summed E-state index contributed by atoms with van der Waals surface area (Å²) in [6, 6.07) is 3.46. The summed E-state index contributed by atoms with van der Waals surface area (Å²) in [7, 11) is 0. The van der Waals surface area contributed by atoms with Gasteiger partial charge >= 0.3 is 0 Å². The predicted molar refractivity (Wildman–Crippen MR) is 68.6 cm³/mol. The standard InChI is InChI=1S/C13H21N3O/c1-13(2,3)7-11(14)9-16-12(17)10-5-4-6-15-8-10/h4-6,8,11H,7,9,14H2,1-3H3,(H,16,17). The van der Waals surface area contributed by atoms with E-state index in [2.05, 4.69) is 31.1 Å². The molecule has 1 rings (SSSR count). The number of rotatable bonds is 4. The summed E-state index contributed by atoms with van der Waals surface area (Å²) in [5.74, 6) is -0.123. The third-order valence-corrected chi connectivity index (χ3v) is 2.32. The van der Waals surface area contributed by atoms with Crippen molar-refractivity contribution in [1.29, 1.82) is 0 Å². The van der Waals surface area contributed by atoms with E-state index >= 15 is 0 Å². The van der Waals surface area contributed by atoms with Crippen molar-refractivity contribution in [3.63, 3.8) is 0 Å². The van der Waals surface area contributed by atoms with Crippen LogP contribution in [0.25, 0.3) is 0 Å². The van der Waals surface area contributed by atoms with E-state index in [1.165, 1.54) is 0 Å². The highest BCUT2D eigenvalue weighted by Gasteiger charge is 2.16. The fraction of sp³-hybridized carbons (Fsp3) is 0.538.